The van der Waals surface area contributed by atoms with Crippen molar-refractivity contribution in [2.45, 2.75) is 25.1 Å². The van der Waals surface area contributed by atoms with Crippen LogP contribution in [0.25, 0.3) is 0 Å². The van der Waals surface area contributed by atoms with Gasteiger partial charge in [-0.05, 0) is 36.5 Å². The summed E-state index contributed by atoms with van der Waals surface area (Å²) >= 11 is 0. The topological polar surface area (TPSA) is 29.5 Å². The summed E-state index contributed by atoms with van der Waals surface area (Å²) < 4.78 is 42.9. The quantitative estimate of drug-likeness (QED) is 0.887. The molecule has 2 nitrogen and oxygen atoms in total. The lowest BCUT2D eigenvalue weighted by Crippen LogP contribution is -2.10. The van der Waals surface area contributed by atoms with E-state index in [1.54, 1.807) is 0 Å². The largest absolute Gasteiger partial charge is 0.496 e. The van der Waals surface area contributed by atoms with E-state index in [2.05, 4.69) is 4.74 Å². The van der Waals surface area contributed by atoms with E-state index >= 15 is 0 Å². The van der Waals surface area contributed by atoms with Crippen LogP contribution in [-0.2, 0) is 6.18 Å². The van der Waals surface area contributed by atoms with E-state index < -0.39 is 17.8 Å². The number of hydrogen-bond acceptors (Lipinski definition) is 2. The van der Waals surface area contributed by atoms with Gasteiger partial charge >= 0.3 is 6.18 Å². The summed E-state index contributed by atoms with van der Waals surface area (Å²) in [4.78, 5) is 0. The molecule has 0 aromatic heterocycles. The molecule has 1 atom stereocenters. The Balaban J connectivity index is 2.37. The Morgan fingerprint density at radius 1 is 1.35 bits per heavy atom. The van der Waals surface area contributed by atoms with Crippen LogP contribution in [-0.4, -0.2) is 12.2 Å². The molecule has 1 unspecified atom stereocenters. The first kappa shape index (κ1) is 12.2. The third-order valence-corrected chi connectivity index (χ3v) is 2.94. The van der Waals surface area contributed by atoms with E-state index in [4.69, 9.17) is 0 Å². The van der Waals surface area contributed by atoms with Crippen molar-refractivity contribution < 1.29 is 23.0 Å². The first-order valence-corrected chi connectivity index (χ1v) is 5.36. The van der Waals surface area contributed by atoms with Gasteiger partial charge in [-0.3, -0.25) is 0 Å². The molecule has 94 valence electrons. The predicted octanol–water partition coefficient (Wildman–Crippen LogP) is 3.16. The van der Waals surface area contributed by atoms with Crippen molar-refractivity contribution in [3.63, 3.8) is 0 Å². The lowest BCUT2D eigenvalue weighted by molar-refractivity contribution is -0.138. The fourth-order valence-corrected chi connectivity index (χ4v) is 1.82. The van der Waals surface area contributed by atoms with E-state index in [0.717, 1.165) is 18.9 Å². The molecule has 1 N–H and O–H groups in total. The molecule has 0 amide bonds. The van der Waals surface area contributed by atoms with Crippen LogP contribution in [0.1, 0.15) is 30.1 Å². The smallest absolute Gasteiger partial charge is 0.419 e. The minimum Gasteiger partial charge on any atom is -0.496 e. The van der Waals surface area contributed by atoms with Gasteiger partial charge in [0.05, 0.1) is 18.8 Å². The summed E-state index contributed by atoms with van der Waals surface area (Å²) in [5, 5.41) is 9.81. The molecule has 1 saturated carbocycles. The Morgan fingerprint density at radius 2 is 2.00 bits per heavy atom. The Bertz CT molecular complexity index is 411. The summed E-state index contributed by atoms with van der Waals surface area (Å²) in [6, 6.07) is 3.71. The Kier molecular flexibility index (Phi) is 3.03. The molecule has 1 aromatic rings. The number of hydrogen-bond donors (Lipinski definition) is 1. The van der Waals surface area contributed by atoms with Crippen LogP contribution in [0, 0.1) is 5.92 Å². The van der Waals surface area contributed by atoms with Crippen molar-refractivity contribution in [3.05, 3.63) is 29.3 Å². The van der Waals surface area contributed by atoms with Crippen LogP contribution in [0.2, 0.25) is 0 Å². The number of aliphatic hydroxyl groups excluding tert-OH is 1. The zero-order valence-electron chi connectivity index (χ0n) is 9.29. The van der Waals surface area contributed by atoms with Gasteiger partial charge in [0.2, 0.25) is 0 Å². The number of methoxy groups -OCH3 is 1. The third-order valence-electron chi connectivity index (χ3n) is 2.94. The van der Waals surface area contributed by atoms with Gasteiger partial charge in [0, 0.05) is 0 Å². The zero-order chi connectivity index (χ0) is 12.6. The van der Waals surface area contributed by atoms with Crippen molar-refractivity contribution >= 4 is 0 Å². The highest BCUT2D eigenvalue weighted by atomic mass is 19.4. The maximum Gasteiger partial charge on any atom is 0.419 e. The van der Waals surface area contributed by atoms with Crippen molar-refractivity contribution in [2.75, 3.05) is 7.11 Å². The molecule has 1 aliphatic rings. The fraction of sp³-hybridized carbons (Fsp3) is 0.500. The highest BCUT2D eigenvalue weighted by molar-refractivity contribution is 5.40. The van der Waals surface area contributed by atoms with Crippen LogP contribution in [0.3, 0.4) is 0 Å². The SMILES string of the molecule is COc1ccc(C(O)C2CC2)cc1C(F)(F)F. The maximum atomic E-state index is 12.7. The van der Waals surface area contributed by atoms with Gasteiger partial charge in [-0.15, -0.1) is 0 Å². The highest BCUT2D eigenvalue weighted by Gasteiger charge is 2.37. The zero-order valence-corrected chi connectivity index (χ0v) is 9.29. The molecule has 0 spiro atoms. The van der Waals surface area contributed by atoms with Crippen LogP contribution in [0.4, 0.5) is 13.2 Å². The second-order valence-corrected chi connectivity index (χ2v) is 4.24. The van der Waals surface area contributed by atoms with Gasteiger partial charge in [0.1, 0.15) is 5.75 Å². The molecule has 1 fully saturated rings. The molecule has 0 bridgehead atoms. The summed E-state index contributed by atoms with van der Waals surface area (Å²) in [6.07, 6.45) is -3.53. The van der Waals surface area contributed by atoms with E-state index in [1.807, 2.05) is 0 Å². The number of halogens is 3. The van der Waals surface area contributed by atoms with E-state index in [-0.39, 0.29) is 11.7 Å². The van der Waals surface area contributed by atoms with Crippen LogP contribution in [0.15, 0.2) is 18.2 Å². The molecular formula is C12H13F3O2. The molecule has 1 aromatic carbocycles. The van der Waals surface area contributed by atoms with Gasteiger partial charge in [0.25, 0.3) is 0 Å². The van der Waals surface area contributed by atoms with Crippen molar-refractivity contribution in [1.82, 2.24) is 0 Å². The van der Waals surface area contributed by atoms with E-state index in [1.165, 1.54) is 19.2 Å². The molecule has 0 heterocycles. The second kappa shape index (κ2) is 4.22. The van der Waals surface area contributed by atoms with E-state index in [0.29, 0.717) is 5.56 Å². The number of aliphatic hydroxyl groups is 1. The Labute approximate surface area is 97.0 Å². The number of alkyl halides is 3. The lowest BCUT2D eigenvalue weighted by Gasteiger charge is -2.16. The van der Waals surface area contributed by atoms with Crippen LogP contribution < -0.4 is 4.74 Å². The average Bonchev–Trinajstić information content (AvgIpc) is 3.10. The third kappa shape index (κ3) is 2.54. The van der Waals surface area contributed by atoms with Gasteiger partial charge in [-0.25, -0.2) is 0 Å². The van der Waals surface area contributed by atoms with Crippen molar-refractivity contribution in [2.24, 2.45) is 5.92 Å². The highest BCUT2D eigenvalue weighted by Crippen LogP contribution is 2.43. The lowest BCUT2D eigenvalue weighted by atomic mass is 10.0. The number of benzene rings is 1. The van der Waals surface area contributed by atoms with E-state index in [9.17, 15) is 18.3 Å². The number of rotatable bonds is 3. The van der Waals surface area contributed by atoms with Gasteiger partial charge in [0.15, 0.2) is 0 Å². The fourth-order valence-electron chi connectivity index (χ4n) is 1.82. The average molecular weight is 246 g/mol. The second-order valence-electron chi connectivity index (χ2n) is 4.24. The van der Waals surface area contributed by atoms with Crippen LogP contribution >= 0.6 is 0 Å². The number of ether oxygens (including phenoxy) is 1. The Hall–Kier alpha value is -1.23. The molecule has 5 heteroatoms. The van der Waals surface area contributed by atoms with Crippen LogP contribution in [0.5, 0.6) is 5.75 Å². The molecule has 2 rings (SSSR count). The standard InChI is InChI=1S/C12H13F3O2/c1-17-10-5-4-8(11(16)7-2-3-7)6-9(10)12(13,14)15/h4-7,11,16H,2-3H2,1H3. The predicted molar refractivity (Wildman–Crippen MR) is 55.7 cm³/mol. The summed E-state index contributed by atoms with van der Waals surface area (Å²) in [5.41, 5.74) is -0.530. The molecular weight excluding hydrogens is 233 g/mol. The molecule has 17 heavy (non-hydrogen) atoms. The molecule has 0 saturated heterocycles. The monoisotopic (exact) mass is 246 g/mol. The summed E-state index contributed by atoms with van der Waals surface area (Å²) in [7, 11) is 1.20. The minimum atomic E-state index is -4.47. The summed E-state index contributed by atoms with van der Waals surface area (Å²) in [5.74, 6) is -0.117. The first-order valence-electron chi connectivity index (χ1n) is 5.36. The van der Waals surface area contributed by atoms with Gasteiger partial charge < -0.3 is 9.84 Å². The molecule has 0 radical (unpaired) electrons. The van der Waals surface area contributed by atoms with Gasteiger partial charge in [-0.2, -0.15) is 13.2 Å². The first-order chi connectivity index (χ1) is 7.93. The summed E-state index contributed by atoms with van der Waals surface area (Å²) in [6.45, 7) is 0. The van der Waals surface area contributed by atoms with Crippen molar-refractivity contribution in [1.29, 1.82) is 0 Å². The van der Waals surface area contributed by atoms with Crippen molar-refractivity contribution in [3.8, 4) is 5.75 Å². The molecule has 1 aliphatic carbocycles. The van der Waals surface area contributed by atoms with Gasteiger partial charge in [-0.1, -0.05) is 6.07 Å². The minimum absolute atomic E-state index is 0.101. The maximum absolute atomic E-state index is 12.7. The normalized spacial score (nSPS) is 17.9. The Morgan fingerprint density at radius 3 is 2.47 bits per heavy atom. The molecule has 0 aliphatic heterocycles.